The Morgan fingerprint density at radius 1 is 1.32 bits per heavy atom. The molecule has 166 valence electrons. The molecule has 3 rings (SSSR count). The van der Waals surface area contributed by atoms with Crippen molar-refractivity contribution >= 4 is 39.2 Å². The molecule has 1 atom stereocenters. The molecule has 1 N–H and O–H groups in total. The van der Waals surface area contributed by atoms with Gasteiger partial charge >= 0.3 is 0 Å². The second-order valence-electron chi connectivity index (χ2n) is 7.49. The van der Waals surface area contributed by atoms with Crippen LogP contribution in [0.5, 0.6) is 0 Å². The van der Waals surface area contributed by atoms with Crippen LogP contribution in [-0.2, 0) is 16.6 Å². The molecule has 0 aliphatic rings. The first-order valence-corrected chi connectivity index (χ1v) is 12.2. The van der Waals surface area contributed by atoms with Gasteiger partial charge < -0.3 is 10.1 Å². The molecule has 0 fully saturated rings. The lowest BCUT2D eigenvalue weighted by Gasteiger charge is -2.14. The zero-order valence-corrected chi connectivity index (χ0v) is 20.3. The Hall–Kier alpha value is -2.16. The van der Waals surface area contributed by atoms with Crippen molar-refractivity contribution in [1.29, 1.82) is 0 Å². The molecule has 8 heteroatoms. The molecule has 0 aliphatic carbocycles. The first-order valence-electron chi connectivity index (χ1n) is 10.4. The molecule has 0 radical (unpaired) electrons. The number of amides is 1. The highest BCUT2D eigenvalue weighted by molar-refractivity contribution is 8.00. The van der Waals surface area contributed by atoms with Gasteiger partial charge in [-0.2, -0.15) is 0 Å². The van der Waals surface area contributed by atoms with Gasteiger partial charge in [-0.1, -0.05) is 30.0 Å². The zero-order chi connectivity index (χ0) is 22.5. The van der Waals surface area contributed by atoms with Gasteiger partial charge in [0, 0.05) is 37.7 Å². The van der Waals surface area contributed by atoms with Crippen LogP contribution >= 0.6 is 23.1 Å². The minimum absolute atomic E-state index is 0.0714. The van der Waals surface area contributed by atoms with Crippen molar-refractivity contribution in [1.82, 2.24) is 14.9 Å². The van der Waals surface area contributed by atoms with Crippen molar-refractivity contribution in [2.24, 2.45) is 7.05 Å². The number of hydrogen-bond acceptors (Lipinski definition) is 6. The lowest BCUT2D eigenvalue weighted by molar-refractivity contribution is -0.120. The van der Waals surface area contributed by atoms with Crippen LogP contribution in [0.15, 0.2) is 33.5 Å². The molecule has 3 aromatic rings. The summed E-state index contributed by atoms with van der Waals surface area (Å²) in [5, 5.41) is 5.73. The molecule has 2 aromatic heterocycles. The van der Waals surface area contributed by atoms with Gasteiger partial charge in [0.05, 0.1) is 10.6 Å². The third-order valence-corrected chi connectivity index (χ3v) is 7.23. The van der Waals surface area contributed by atoms with Gasteiger partial charge in [0.2, 0.25) is 5.91 Å². The minimum atomic E-state index is -0.359. The van der Waals surface area contributed by atoms with Crippen LogP contribution in [0, 0.1) is 13.8 Å². The zero-order valence-electron chi connectivity index (χ0n) is 18.7. The number of ether oxygens (including phenoxy) is 1. The number of fused-ring (bicyclic) bond motifs is 1. The van der Waals surface area contributed by atoms with E-state index in [1.165, 1.54) is 34.2 Å². The Kier molecular flexibility index (Phi) is 7.91. The van der Waals surface area contributed by atoms with Gasteiger partial charge in [0.1, 0.15) is 4.83 Å². The third-order valence-electron chi connectivity index (χ3n) is 5.21. The summed E-state index contributed by atoms with van der Waals surface area (Å²) in [5.41, 5.74) is 4.25. The number of hydrogen-bond donors (Lipinski definition) is 1. The van der Waals surface area contributed by atoms with E-state index in [0.717, 1.165) is 17.5 Å². The Balaban J connectivity index is 1.80. The van der Waals surface area contributed by atoms with Crippen LogP contribution in [0.3, 0.4) is 0 Å². The maximum atomic E-state index is 13.2. The van der Waals surface area contributed by atoms with Crippen molar-refractivity contribution < 1.29 is 9.53 Å². The number of carbonyl (C=O) groups excluding carboxylic acids is 1. The number of benzene rings is 1. The van der Waals surface area contributed by atoms with E-state index in [9.17, 15) is 9.59 Å². The van der Waals surface area contributed by atoms with Crippen LogP contribution in [0.1, 0.15) is 31.4 Å². The number of aromatic nitrogens is 2. The van der Waals surface area contributed by atoms with Crippen LogP contribution in [0.2, 0.25) is 0 Å². The standard InChI is InChI=1S/C23H29N3O3S2/c1-6-29-11-7-10-24-20(27)16(4)31-23-25-21-19(22(28)26(23)5)18(13-30-21)17-9-8-14(2)15(3)12-17/h8-9,12-13,16H,6-7,10-11H2,1-5H3,(H,24,27). The second kappa shape index (κ2) is 10.4. The molecule has 0 spiro atoms. The Morgan fingerprint density at radius 2 is 2.10 bits per heavy atom. The number of thioether (sulfide) groups is 1. The Bertz CT molecular complexity index is 1140. The SMILES string of the molecule is CCOCCCNC(=O)C(C)Sc1nc2scc(-c3ccc(C)c(C)c3)c2c(=O)n1C. The first kappa shape index (κ1) is 23.5. The number of nitrogens with one attached hydrogen (secondary N) is 1. The lowest BCUT2D eigenvalue weighted by atomic mass is 10.0. The van der Waals surface area contributed by atoms with Gasteiger partial charge in [-0.15, -0.1) is 11.3 Å². The Labute approximate surface area is 191 Å². The van der Waals surface area contributed by atoms with E-state index in [1.54, 1.807) is 11.6 Å². The highest BCUT2D eigenvalue weighted by atomic mass is 32.2. The monoisotopic (exact) mass is 459 g/mol. The largest absolute Gasteiger partial charge is 0.382 e. The average molecular weight is 460 g/mol. The maximum absolute atomic E-state index is 13.2. The van der Waals surface area contributed by atoms with Crippen LogP contribution in [0.25, 0.3) is 21.3 Å². The number of aryl methyl sites for hydroxylation is 2. The average Bonchev–Trinajstić information content (AvgIpc) is 3.17. The molecular weight excluding hydrogens is 430 g/mol. The molecule has 0 saturated heterocycles. The van der Waals surface area contributed by atoms with Crippen molar-refractivity contribution in [2.75, 3.05) is 19.8 Å². The minimum Gasteiger partial charge on any atom is -0.382 e. The third kappa shape index (κ3) is 5.37. The van der Waals surface area contributed by atoms with Crippen molar-refractivity contribution in [3.05, 3.63) is 45.1 Å². The normalized spacial score (nSPS) is 12.3. The van der Waals surface area contributed by atoms with E-state index >= 15 is 0 Å². The second-order valence-corrected chi connectivity index (χ2v) is 9.65. The summed E-state index contributed by atoms with van der Waals surface area (Å²) in [7, 11) is 1.71. The van der Waals surface area contributed by atoms with Crippen LogP contribution in [-0.4, -0.2) is 40.5 Å². The number of thiophene rings is 1. The summed E-state index contributed by atoms with van der Waals surface area (Å²) in [4.78, 5) is 31.0. The summed E-state index contributed by atoms with van der Waals surface area (Å²) in [6, 6.07) is 6.23. The summed E-state index contributed by atoms with van der Waals surface area (Å²) in [5.74, 6) is -0.0714. The molecule has 6 nitrogen and oxygen atoms in total. The van der Waals surface area contributed by atoms with Crippen LogP contribution in [0.4, 0.5) is 0 Å². The molecule has 1 aromatic carbocycles. The fourth-order valence-corrected chi connectivity index (χ4v) is 5.05. The predicted octanol–water partition coefficient (Wildman–Crippen LogP) is 4.30. The molecule has 31 heavy (non-hydrogen) atoms. The van der Waals surface area contributed by atoms with Crippen molar-refractivity contribution in [3.63, 3.8) is 0 Å². The van der Waals surface area contributed by atoms with E-state index < -0.39 is 0 Å². The topological polar surface area (TPSA) is 73.2 Å². The van der Waals surface area contributed by atoms with Gasteiger partial charge in [-0.3, -0.25) is 14.2 Å². The molecule has 1 amide bonds. The van der Waals surface area contributed by atoms with E-state index in [4.69, 9.17) is 9.72 Å². The van der Waals surface area contributed by atoms with Gasteiger partial charge in [-0.25, -0.2) is 4.98 Å². The fourth-order valence-electron chi connectivity index (χ4n) is 3.17. The molecule has 0 aliphatic heterocycles. The van der Waals surface area contributed by atoms with E-state index in [-0.39, 0.29) is 16.7 Å². The maximum Gasteiger partial charge on any atom is 0.263 e. The first-order chi connectivity index (χ1) is 14.8. The molecule has 2 heterocycles. The van der Waals surface area contributed by atoms with Gasteiger partial charge in [-0.05, 0) is 50.8 Å². The highest BCUT2D eigenvalue weighted by Crippen LogP contribution is 2.33. The van der Waals surface area contributed by atoms with Crippen molar-refractivity contribution in [2.45, 2.75) is 44.5 Å². The molecule has 0 saturated carbocycles. The van der Waals surface area contributed by atoms with Gasteiger partial charge in [0.15, 0.2) is 5.16 Å². The molecule has 0 bridgehead atoms. The van der Waals surface area contributed by atoms with E-state index in [0.29, 0.717) is 35.1 Å². The van der Waals surface area contributed by atoms with Gasteiger partial charge in [0.25, 0.3) is 5.56 Å². The number of rotatable bonds is 9. The smallest absolute Gasteiger partial charge is 0.263 e. The Morgan fingerprint density at radius 3 is 2.81 bits per heavy atom. The lowest BCUT2D eigenvalue weighted by Crippen LogP contribution is -2.32. The quantitative estimate of drug-likeness (QED) is 0.293. The predicted molar refractivity (Wildman–Crippen MR) is 129 cm³/mol. The molecular formula is C23H29N3O3S2. The number of nitrogens with zero attached hydrogens (tertiary/aromatic N) is 2. The fraction of sp³-hybridized carbons (Fsp3) is 0.435. The summed E-state index contributed by atoms with van der Waals surface area (Å²) < 4.78 is 6.83. The summed E-state index contributed by atoms with van der Waals surface area (Å²) >= 11 is 2.76. The number of carbonyl (C=O) groups is 1. The summed E-state index contributed by atoms with van der Waals surface area (Å²) in [6.07, 6.45) is 0.774. The molecule has 1 unspecified atom stereocenters. The highest BCUT2D eigenvalue weighted by Gasteiger charge is 2.20. The van der Waals surface area contributed by atoms with Crippen LogP contribution < -0.4 is 10.9 Å². The van der Waals surface area contributed by atoms with E-state index in [2.05, 4.69) is 31.3 Å². The van der Waals surface area contributed by atoms with Crippen molar-refractivity contribution in [3.8, 4) is 11.1 Å². The summed E-state index contributed by atoms with van der Waals surface area (Å²) in [6.45, 7) is 9.80. The van der Waals surface area contributed by atoms with E-state index in [1.807, 2.05) is 25.3 Å².